The number of nitrogens with one attached hydrogen (secondary N) is 2. The Kier molecular flexibility index (Phi) is 29.0. The third kappa shape index (κ3) is 18.1. The lowest BCUT2D eigenvalue weighted by molar-refractivity contribution is -0.109. The molecule has 14 nitrogen and oxygen atoms in total. The van der Waals surface area contributed by atoms with Gasteiger partial charge in [-0.15, -0.1) is 26.3 Å². The summed E-state index contributed by atoms with van der Waals surface area (Å²) in [4.78, 5) is 25.6. The molecule has 10 atom stereocenters. The van der Waals surface area contributed by atoms with Gasteiger partial charge in [0.15, 0.2) is 0 Å². The van der Waals surface area contributed by atoms with Gasteiger partial charge in [0.25, 0.3) is 0 Å². The second-order valence-electron chi connectivity index (χ2n) is 18.2. The molecular weight excluding hydrogens is 917 g/mol. The van der Waals surface area contributed by atoms with Crippen LogP contribution in [0.15, 0.2) is 104 Å². The maximum atomic E-state index is 14.0. The predicted molar refractivity (Wildman–Crippen MR) is 272 cm³/mol. The van der Waals surface area contributed by atoms with Crippen LogP contribution in [0.25, 0.3) is 0 Å². The minimum atomic E-state index is -0.411. The Morgan fingerprint density at radius 3 is 1.48 bits per heavy atom. The average molecular weight is 1000 g/mol. The molecule has 0 aromatic heterocycles. The molecule has 0 bridgehead atoms. The van der Waals surface area contributed by atoms with Gasteiger partial charge >= 0.3 is 0 Å². The largest absolute Gasteiger partial charge is 0.396 e. The topological polar surface area (TPSA) is 157 Å². The highest BCUT2D eigenvalue weighted by atomic mass is 19.1. The predicted octanol–water partition coefficient (Wildman–Crippen LogP) is 9.04. The quantitative estimate of drug-likeness (QED) is 0.0854. The number of oxime groups is 1. The summed E-state index contributed by atoms with van der Waals surface area (Å²) in [5.74, 6) is 0.776. The number of carbonyl (C=O) groups is 1. The standard InChI is InChI=1S/2C13H16FNO2.C8H14O.C7H11NO2.C7H14O2.C7H12O2/c2*1-16-10-6-9-8-17-15-13(9,7-10)11-4-2-3-5-12(11)14;1-4-6-8(9-3)7-5-2;1-9-6-2-5-4-10-8-7(5)3-6;2*1-3-4-7(9-2)5-6-8/h2*2-5,9-10,15H,6-8H2,1H3;4-5,8H,1-2,6-7H2,3H3;5-6H,2-4H2,1H3;3,7-8H,1,4-6H2,2H3;3,6-7H,1,4-5H2,2H3/t9-,10+,13-;9-,10-,13-;;;;/m00..../s1. The van der Waals surface area contributed by atoms with E-state index in [4.69, 9.17) is 48.0 Å². The zero-order valence-corrected chi connectivity index (χ0v) is 43.1. The average Bonchev–Trinajstić information content (AvgIpc) is 4.25. The van der Waals surface area contributed by atoms with Gasteiger partial charge < -0.3 is 52.8 Å². The molecule has 71 heavy (non-hydrogen) atoms. The Balaban J connectivity index is 0.000000232. The molecule has 3 aliphatic heterocycles. The number of benzene rings is 2. The van der Waals surface area contributed by atoms with E-state index < -0.39 is 11.1 Å². The van der Waals surface area contributed by atoms with Gasteiger partial charge in [0.05, 0.1) is 66.6 Å². The number of nitrogens with zero attached hydrogens (tertiary/aromatic N) is 1. The number of hydrogen-bond donors (Lipinski definition) is 3. The van der Waals surface area contributed by atoms with Crippen molar-refractivity contribution in [1.29, 1.82) is 0 Å². The van der Waals surface area contributed by atoms with E-state index in [0.29, 0.717) is 49.2 Å². The van der Waals surface area contributed by atoms with E-state index in [2.05, 4.69) is 42.4 Å². The van der Waals surface area contributed by atoms with Crippen LogP contribution in [0.5, 0.6) is 0 Å². The van der Waals surface area contributed by atoms with Gasteiger partial charge in [-0.3, -0.25) is 0 Å². The van der Waals surface area contributed by atoms with Gasteiger partial charge in [0.2, 0.25) is 0 Å². The van der Waals surface area contributed by atoms with E-state index in [9.17, 15) is 13.6 Å². The van der Waals surface area contributed by atoms with Crippen LogP contribution in [0.1, 0.15) is 88.2 Å². The van der Waals surface area contributed by atoms with Crippen LogP contribution >= 0.6 is 0 Å². The maximum absolute atomic E-state index is 14.0. The molecule has 0 radical (unpaired) electrons. The summed E-state index contributed by atoms with van der Waals surface area (Å²) in [5, 5.41) is 12.4. The first-order chi connectivity index (χ1) is 34.5. The van der Waals surface area contributed by atoms with Crippen LogP contribution in [-0.4, -0.2) is 123 Å². The zero-order valence-electron chi connectivity index (χ0n) is 43.1. The smallest absolute Gasteiger partial charge is 0.128 e. The third-order valence-corrected chi connectivity index (χ3v) is 13.8. The zero-order chi connectivity index (χ0) is 52.1. The van der Waals surface area contributed by atoms with Crippen molar-refractivity contribution in [3.05, 3.63) is 122 Å². The second-order valence-corrected chi connectivity index (χ2v) is 18.2. The number of aliphatic hydroxyl groups is 1. The number of carbonyl (C=O) groups excluding carboxylic acids is 1. The van der Waals surface area contributed by atoms with Crippen LogP contribution in [0.4, 0.5) is 8.78 Å². The molecule has 3 N–H and O–H groups in total. The summed E-state index contributed by atoms with van der Waals surface area (Å²) in [7, 11) is 10.1. The first-order valence-electron chi connectivity index (χ1n) is 24.6. The molecule has 2 aromatic rings. The van der Waals surface area contributed by atoms with Crippen LogP contribution in [0.2, 0.25) is 0 Å². The molecule has 2 saturated heterocycles. The SMILES string of the molecule is C=CCC(CC=C)OC.C=CCC(CC=O)OC.C=CCC(CCO)OC.COC1CC2=NOCC2C1.CO[C@@H]1C[C@H]2CON[C@@]2(c2ccccc2F)C1.CO[C@H]1C[C@H]2CON[C@@]2(c2ccccc2F)C1. The minimum Gasteiger partial charge on any atom is -0.396 e. The molecule has 0 spiro atoms. The number of ether oxygens (including phenoxy) is 6. The molecule has 6 aliphatic rings. The van der Waals surface area contributed by atoms with Crippen LogP contribution < -0.4 is 11.0 Å². The van der Waals surface area contributed by atoms with Crippen molar-refractivity contribution in [2.75, 3.05) is 69.1 Å². The molecule has 4 unspecified atom stereocenters. The fraction of sp³-hybridized carbons (Fsp3) is 0.600. The Labute approximate surface area is 422 Å². The minimum absolute atomic E-state index is 0.0278. The van der Waals surface area contributed by atoms with E-state index in [1.165, 1.54) is 17.8 Å². The fourth-order valence-corrected chi connectivity index (χ4v) is 9.75. The first-order valence-corrected chi connectivity index (χ1v) is 24.6. The van der Waals surface area contributed by atoms with Gasteiger partial charge in [0, 0.05) is 91.0 Å². The number of fused-ring (bicyclic) bond motifs is 3. The van der Waals surface area contributed by atoms with Gasteiger partial charge in [-0.2, -0.15) is 11.0 Å². The van der Waals surface area contributed by atoms with Crippen molar-refractivity contribution in [2.45, 2.75) is 125 Å². The summed E-state index contributed by atoms with van der Waals surface area (Å²) in [6.07, 6.45) is 19.3. The highest BCUT2D eigenvalue weighted by Crippen LogP contribution is 2.49. The molecule has 5 fully saturated rings. The molecule has 2 aromatic carbocycles. The summed E-state index contributed by atoms with van der Waals surface area (Å²) in [6.45, 7) is 16.5. The second kappa shape index (κ2) is 33.6. The van der Waals surface area contributed by atoms with E-state index in [0.717, 1.165) is 77.1 Å². The van der Waals surface area contributed by atoms with Crippen molar-refractivity contribution in [3.8, 4) is 0 Å². The number of aliphatic hydroxyl groups excluding tert-OH is 1. The number of hydroxylamine groups is 2. The van der Waals surface area contributed by atoms with Crippen molar-refractivity contribution in [1.82, 2.24) is 11.0 Å². The van der Waals surface area contributed by atoms with E-state index >= 15 is 0 Å². The van der Waals surface area contributed by atoms with Crippen molar-refractivity contribution >= 4 is 12.0 Å². The molecule has 0 amide bonds. The summed E-state index contributed by atoms with van der Waals surface area (Å²) in [5.41, 5.74) is 7.84. The molecular formula is C55H83F2N3O11. The molecule has 3 aliphatic carbocycles. The molecule has 398 valence electrons. The Hall–Kier alpha value is -4.04. The number of rotatable bonds is 20. The van der Waals surface area contributed by atoms with Gasteiger partial charge in [-0.05, 0) is 76.3 Å². The van der Waals surface area contributed by atoms with Gasteiger partial charge in [-0.25, -0.2) is 8.78 Å². The van der Waals surface area contributed by atoms with Crippen molar-refractivity contribution in [3.63, 3.8) is 0 Å². The third-order valence-electron chi connectivity index (χ3n) is 13.8. The van der Waals surface area contributed by atoms with Crippen LogP contribution in [0, 0.1) is 29.4 Å². The van der Waals surface area contributed by atoms with Crippen LogP contribution in [-0.2, 0) is 58.8 Å². The number of hydrogen-bond acceptors (Lipinski definition) is 14. The van der Waals surface area contributed by atoms with Crippen LogP contribution in [0.3, 0.4) is 0 Å². The monoisotopic (exact) mass is 1000 g/mol. The Bertz CT molecular complexity index is 1770. The number of halogens is 2. The normalized spacial score (nSPS) is 27.0. The lowest BCUT2D eigenvalue weighted by Crippen LogP contribution is -2.39. The maximum Gasteiger partial charge on any atom is 0.128 e. The Morgan fingerprint density at radius 1 is 0.662 bits per heavy atom. The molecule has 3 saturated carbocycles. The summed E-state index contributed by atoms with van der Waals surface area (Å²) >= 11 is 0. The molecule has 16 heteroatoms. The van der Waals surface area contributed by atoms with E-state index in [1.807, 2.05) is 36.4 Å². The first kappa shape index (κ1) is 61.3. The van der Waals surface area contributed by atoms with Crippen molar-refractivity contribution < 1.29 is 61.6 Å². The Morgan fingerprint density at radius 2 is 1.10 bits per heavy atom. The summed E-state index contributed by atoms with van der Waals surface area (Å²) < 4.78 is 59.0. The molecule has 3 heterocycles. The summed E-state index contributed by atoms with van der Waals surface area (Å²) in [6, 6.07) is 13.8. The number of methoxy groups -OCH3 is 6. The van der Waals surface area contributed by atoms with Crippen molar-refractivity contribution in [2.24, 2.45) is 22.9 Å². The van der Waals surface area contributed by atoms with Gasteiger partial charge in [0.1, 0.15) is 24.5 Å². The highest BCUT2D eigenvalue weighted by Gasteiger charge is 2.55. The highest BCUT2D eigenvalue weighted by molar-refractivity contribution is 5.89. The van der Waals surface area contributed by atoms with E-state index in [-0.39, 0.29) is 60.6 Å². The number of aldehydes is 1. The lowest BCUT2D eigenvalue weighted by Gasteiger charge is -2.28. The molecule has 8 rings (SSSR count). The van der Waals surface area contributed by atoms with Gasteiger partial charge in [-0.1, -0.05) is 65.9 Å². The fourth-order valence-electron chi connectivity index (χ4n) is 9.75. The lowest BCUT2D eigenvalue weighted by atomic mass is 9.82. The van der Waals surface area contributed by atoms with E-state index in [1.54, 1.807) is 66.9 Å².